The van der Waals surface area contributed by atoms with Crippen molar-refractivity contribution < 1.29 is 32.1 Å². The summed E-state index contributed by atoms with van der Waals surface area (Å²) >= 11 is 0. The molecule has 2 amide bonds. The van der Waals surface area contributed by atoms with Gasteiger partial charge in [-0.05, 0) is 30.3 Å². The van der Waals surface area contributed by atoms with Crippen molar-refractivity contribution >= 4 is 33.6 Å². The first kappa shape index (κ1) is 17.2. The lowest BCUT2D eigenvalue weighted by molar-refractivity contribution is 0.0693. The molecule has 10 heteroatoms. The van der Waals surface area contributed by atoms with Gasteiger partial charge in [0, 0.05) is 17.4 Å². The van der Waals surface area contributed by atoms with Crippen molar-refractivity contribution in [3.8, 4) is 5.75 Å². The molecule has 2 aromatic rings. The monoisotopic (exact) mass is 354 g/mol. The average molecular weight is 354 g/mol. The van der Waals surface area contributed by atoms with E-state index in [1.165, 1.54) is 18.2 Å². The first-order valence-electron chi connectivity index (χ1n) is 6.36. The fraction of sp³-hybridized carbons (Fsp3) is 0. The van der Waals surface area contributed by atoms with Gasteiger partial charge in [0.2, 0.25) is 0 Å². The van der Waals surface area contributed by atoms with E-state index in [1.54, 1.807) is 0 Å². The number of aromatic carboxylic acids is 1. The normalized spacial score (nSPS) is 10.9. The Morgan fingerprint density at radius 3 is 2.17 bits per heavy atom. The van der Waals surface area contributed by atoms with Gasteiger partial charge in [0.15, 0.2) is 0 Å². The summed E-state index contributed by atoms with van der Waals surface area (Å²) in [6, 6.07) is 7.14. The lowest BCUT2D eigenvalue weighted by atomic mass is 10.2. The van der Waals surface area contributed by atoms with Crippen molar-refractivity contribution in [3.63, 3.8) is 0 Å². The molecule has 0 bridgehead atoms. The zero-order valence-corrected chi connectivity index (χ0v) is 12.7. The first-order valence-corrected chi connectivity index (χ1v) is 7.74. The summed E-state index contributed by atoms with van der Waals surface area (Å²) in [5.41, 5.74) is -0.205. The molecule has 0 radical (unpaired) electrons. The molecule has 0 atom stereocenters. The Morgan fingerprint density at radius 2 is 1.62 bits per heavy atom. The van der Waals surface area contributed by atoms with Crippen LogP contribution in [0.4, 0.5) is 20.1 Å². The number of carboxylic acid groups (broad SMARTS) is 1. The third kappa shape index (κ3) is 4.20. The highest BCUT2D eigenvalue weighted by Gasteiger charge is 2.14. The molecule has 2 rings (SSSR count). The largest absolute Gasteiger partial charge is 0.507 e. The zero-order valence-electron chi connectivity index (χ0n) is 11.9. The van der Waals surface area contributed by atoms with Crippen LogP contribution in [0.5, 0.6) is 5.75 Å². The molecule has 0 heterocycles. The minimum absolute atomic E-state index is 0.0256. The third-order valence-corrected chi connectivity index (χ3v) is 3.68. The van der Waals surface area contributed by atoms with E-state index >= 15 is 0 Å². The Hall–Kier alpha value is -3.14. The maximum absolute atomic E-state index is 12.9. The van der Waals surface area contributed by atoms with Gasteiger partial charge in [-0.2, -0.15) is 8.42 Å². The predicted molar refractivity (Wildman–Crippen MR) is 82.4 cm³/mol. The van der Waals surface area contributed by atoms with Gasteiger partial charge in [-0.1, -0.05) is 6.07 Å². The number of carbonyl (C=O) groups excluding carboxylic acids is 1. The molecular weight excluding hydrogens is 343 g/mol. The molecule has 0 aliphatic carbocycles. The number of halogens is 1. The molecule has 0 fully saturated rings. The number of carbonyl (C=O) groups is 2. The number of hydrogen-bond acceptors (Lipinski definition) is 5. The molecule has 24 heavy (non-hydrogen) atoms. The number of amides is 2. The summed E-state index contributed by atoms with van der Waals surface area (Å²) in [4.78, 5) is 22.0. The van der Waals surface area contributed by atoms with Gasteiger partial charge in [0.25, 0.3) is 0 Å². The van der Waals surface area contributed by atoms with E-state index in [-0.39, 0.29) is 16.9 Å². The van der Waals surface area contributed by atoms with Crippen molar-refractivity contribution in [2.45, 2.75) is 4.90 Å². The third-order valence-electron chi connectivity index (χ3n) is 2.86. The van der Waals surface area contributed by atoms with E-state index in [0.29, 0.717) is 0 Å². The second kappa shape index (κ2) is 6.54. The number of phenols is 1. The zero-order chi connectivity index (χ0) is 17.9. The number of anilines is 2. The molecule has 0 aliphatic heterocycles. The van der Waals surface area contributed by atoms with Crippen LogP contribution in [0.25, 0.3) is 0 Å². The van der Waals surface area contributed by atoms with Gasteiger partial charge in [0.05, 0.1) is 0 Å². The Balaban J connectivity index is 2.11. The molecule has 0 saturated heterocycles. The van der Waals surface area contributed by atoms with Gasteiger partial charge >= 0.3 is 22.2 Å². The number of nitrogens with one attached hydrogen (secondary N) is 2. The molecule has 0 unspecified atom stereocenters. The molecular formula is C14H11FN2O6S. The Morgan fingerprint density at radius 1 is 1.00 bits per heavy atom. The second-order valence-electron chi connectivity index (χ2n) is 4.58. The Labute approximate surface area is 135 Å². The lowest BCUT2D eigenvalue weighted by Gasteiger charge is -2.09. The van der Waals surface area contributed by atoms with Crippen molar-refractivity contribution in [2.75, 3.05) is 10.6 Å². The van der Waals surface area contributed by atoms with Crippen LogP contribution in [0.15, 0.2) is 47.4 Å². The van der Waals surface area contributed by atoms with Crippen molar-refractivity contribution in [2.24, 2.45) is 0 Å². The number of benzene rings is 2. The molecule has 4 N–H and O–H groups in total. The fourth-order valence-electron chi connectivity index (χ4n) is 1.81. The SMILES string of the molecule is O=C(Nc1cccc(S(=O)(=O)F)c1)Nc1ccc(C(=O)O)c(O)c1. The molecule has 2 aromatic carbocycles. The molecule has 8 nitrogen and oxygen atoms in total. The maximum Gasteiger partial charge on any atom is 0.339 e. The van der Waals surface area contributed by atoms with Gasteiger partial charge < -0.3 is 20.8 Å². The highest BCUT2D eigenvalue weighted by atomic mass is 32.3. The molecule has 0 aromatic heterocycles. The van der Waals surface area contributed by atoms with E-state index in [9.17, 15) is 27.0 Å². The number of urea groups is 1. The summed E-state index contributed by atoms with van der Waals surface area (Å²) in [6.45, 7) is 0. The van der Waals surface area contributed by atoms with Crippen molar-refractivity contribution in [1.29, 1.82) is 0 Å². The molecule has 0 spiro atoms. The van der Waals surface area contributed by atoms with E-state index in [1.807, 2.05) is 0 Å². The van der Waals surface area contributed by atoms with Crippen LogP contribution in [0.1, 0.15) is 10.4 Å². The van der Waals surface area contributed by atoms with Gasteiger partial charge in [0.1, 0.15) is 16.2 Å². The fourth-order valence-corrected chi connectivity index (χ4v) is 2.32. The smallest absolute Gasteiger partial charge is 0.339 e. The molecule has 0 aliphatic rings. The second-order valence-corrected chi connectivity index (χ2v) is 5.93. The van der Waals surface area contributed by atoms with Gasteiger partial charge in [-0.15, -0.1) is 3.89 Å². The maximum atomic E-state index is 12.9. The summed E-state index contributed by atoms with van der Waals surface area (Å²) in [5.74, 6) is -1.86. The summed E-state index contributed by atoms with van der Waals surface area (Å²) in [5, 5.41) is 22.9. The van der Waals surface area contributed by atoms with Crippen molar-refractivity contribution in [1.82, 2.24) is 0 Å². The van der Waals surface area contributed by atoms with E-state index in [0.717, 1.165) is 24.3 Å². The van der Waals surface area contributed by atoms with Gasteiger partial charge in [-0.3, -0.25) is 0 Å². The van der Waals surface area contributed by atoms with E-state index < -0.39 is 32.9 Å². The minimum Gasteiger partial charge on any atom is -0.507 e. The summed E-state index contributed by atoms with van der Waals surface area (Å²) in [6.07, 6.45) is 0. The van der Waals surface area contributed by atoms with Crippen LogP contribution >= 0.6 is 0 Å². The highest BCUT2D eigenvalue weighted by Crippen LogP contribution is 2.22. The van der Waals surface area contributed by atoms with Crippen LogP contribution in [0, 0.1) is 0 Å². The van der Waals surface area contributed by atoms with E-state index in [4.69, 9.17) is 5.11 Å². The average Bonchev–Trinajstić information content (AvgIpc) is 2.46. The number of aromatic hydroxyl groups is 1. The predicted octanol–water partition coefficient (Wildman–Crippen LogP) is 2.39. The van der Waals surface area contributed by atoms with Crippen LogP contribution in [-0.4, -0.2) is 30.6 Å². The van der Waals surface area contributed by atoms with Crippen molar-refractivity contribution in [3.05, 3.63) is 48.0 Å². The lowest BCUT2D eigenvalue weighted by Crippen LogP contribution is -2.19. The van der Waals surface area contributed by atoms with Gasteiger partial charge in [-0.25, -0.2) is 9.59 Å². The highest BCUT2D eigenvalue weighted by molar-refractivity contribution is 7.86. The topological polar surface area (TPSA) is 133 Å². The van der Waals surface area contributed by atoms with Crippen LogP contribution in [-0.2, 0) is 10.2 Å². The number of rotatable bonds is 4. The number of carboxylic acids is 1. The summed E-state index contributed by atoms with van der Waals surface area (Å²) in [7, 11) is -4.90. The van der Waals surface area contributed by atoms with Crippen LogP contribution in [0.3, 0.4) is 0 Å². The summed E-state index contributed by atoms with van der Waals surface area (Å²) < 4.78 is 34.5. The van der Waals surface area contributed by atoms with Crippen LogP contribution in [0.2, 0.25) is 0 Å². The number of hydrogen-bond donors (Lipinski definition) is 4. The molecule has 126 valence electrons. The minimum atomic E-state index is -4.90. The first-order chi connectivity index (χ1) is 11.2. The van der Waals surface area contributed by atoms with E-state index in [2.05, 4.69) is 10.6 Å². The van der Waals surface area contributed by atoms with Crippen LogP contribution < -0.4 is 10.6 Å². The Bertz CT molecular complexity index is 913. The Kier molecular flexibility index (Phi) is 4.69. The molecule has 0 saturated carbocycles. The quantitative estimate of drug-likeness (QED) is 0.623. The standard InChI is InChI=1S/C14H11FN2O6S/c15-24(22,23)10-3-1-2-8(6-10)16-14(21)17-9-4-5-11(13(19)20)12(18)7-9/h1-7,18H,(H,19,20)(H2,16,17,21).